The molecule has 0 radical (unpaired) electrons. The molecule has 0 saturated carbocycles. The normalized spacial score (nSPS) is 12.3. The minimum Gasteiger partial charge on any atom is -0.475 e. The van der Waals surface area contributed by atoms with Gasteiger partial charge >= 0.3 is 6.18 Å². The first-order valence-corrected chi connectivity index (χ1v) is 10.3. The van der Waals surface area contributed by atoms with Gasteiger partial charge in [-0.15, -0.1) is 0 Å². The highest BCUT2D eigenvalue weighted by molar-refractivity contribution is 6.01. The number of carbonyl (C=O) groups is 1. The Morgan fingerprint density at radius 1 is 1.18 bits per heavy atom. The second kappa shape index (κ2) is 9.89. The summed E-state index contributed by atoms with van der Waals surface area (Å²) in [6.45, 7) is 4.04. The molecule has 3 aromatic rings. The predicted molar refractivity (Wildman–Crippen MR) is 118 cm³/mol. The van der Waals surface area contributed by atoms with Gasteiger partial charge in [0.25, 0.3) is 11.5 Å². The minimum atomic E-state index is -4.47. The summed E-state index contributed by atoms with van der Waals surface area (Å²) in [5.74, 6) is -0.205. The molecular weight excluding hydrogens is 435 g/mol. The maximum Gasteiger partial charge on any atom is 0.417 e. The summed E-state index contributed by atoms with van der Waals surface area (Å²) in [5, 5.41) is 0. The summed E-state index contributed by atoms with van der Waals surface area (Å²) in [6, 6.07) is 11.9. The Balaban J connectivity index is 1.77. The molecule has 6 nitrogen and oxygen atoms in total. The summed E-state index contributed by atoms with van der Waals surface area (Å²) in [6.07, 6.45) is -2.12. The van der Waals surface area contributed by atoms with Gasteiger partial charge in [0, 0.05) is 43.7 Å². The number of halogens is 3. The van der Waals surface area contributed by atoms with Gasteiger partial charge in [-0.25, -0.2) is 4.98 Å². The zero-order valence-corrected chi connectivity index (χ0v) is 18.5. The number of amides is 1. The lowest BCUT2D eigenvalue weighted by Gasteiger charge is -2.28. The lowest BCUT2D eigenvalue weighted by Crippen LogP contribution is -2.42. The smallest absolute Gasteiger partial charge is 0.417 e. The largest absolute Gasteiger partial charge is 0.475 e. The molecule has 9 heteroatoms. The van der Waals surface area contributed by atoms with E-state index in [1.165, 1.54) is 10.6 Å². The summed E-state index contributed by atoms with van der Waals surface area (Å²) < 4.78 is 45.0. The quantitative estimate of drug-likeness (QED) is 0.526. The van der Waals surface area contributed by atoms with Crippen LogP contribution in [-0.2, 0) is 13.2 Å². The molecule has 0 aliphatic heterocycles. The van der Waals surface area contributed by atoms with Gasteiger partial charge in [-0.1, -0.05) is 18.2 Å². The summed E-state index contributed by atoms with van der Waals surface area (Å²) in [5.41, 5.74) is 0.660. The average Bonchev–Trinajstić information content (AvgIpc) is 2.79. The van der Waals surface area contributed by atoms with Crippen LogP contribution in [0.15, 0.2) is 65.7 Å². The first-order valence-electron chi connectivity index (χ1n) is 10.3. The molecule has 1 amide bonds. The molecule has 0 N–H and O–H groups in total. The zero-order valence-electron chi connectivity index (χ0n) is 18.5. The van der Waals surface area contributed by atoms with Crippen LogP contribution in [0, 0.1) is 0 Å². The van der Waals surface area contributed by atoms with E-state index in [1.807, 2.05) is 6.92 Å². The van der Waals surface area contributed by atoms with E-state index < -0.39 is 11.7 Å². The van der Waals surface area contributed by atoms with Crippen molar-refractivity contribution in [3.8, 4) is 17.0 Å². The third-order valence-corrected chi connectivity index (χ3v) is 5.24. The minimum absolute atomic E-state index is 0.0406. The van der Waals surface area contributed by atoms with Crippen molar-refractivity contribution in [1.29, 1.82) is 0 Å². The van der Waals surface area contributed by atoms with Crippen molar-refractivity contribution < 1.29 is 22.7 Å². The average molecular weight is 459 g/mol. The zero-order chi connectivity index (χ0) is 24.2. The van der Waals surface area contributed by atoms with Crippen molar-refractivity contribution in [2.75, 3.05) is 13.2 Å². The lowest BCUT2D eigenvalue weighted by atomic mass is 9.99. The first-order chi connectivity index (χ1) is 15.6. The second-order valence-corrected chi connectivity index (χ2v) is 7.54. The van der Waals surface area contributed by atoms with E-state index in [9.17, 15) is 22.8 Å². The number of benzene rings is 1. The Morgan fingerprint density at radius 3 is 2.52 bits per heavy atom. The van der Waals surface area contributed by atoms with Crippen LogP contribution >= 0.6 is 0 Å². The molecule has 1 unspecified atom stereocenters. The van der Waals surface area contributed by atoms with Crippen molar-refractivity contribution in [2.45, 2.75) is 26.1 Å². The SMILES string of the molecule is CCN(C(=O)c1ccccc1-c1ccn(C)c(=O)c1)C(C)COc1ccc(C(F)(F)F)cn1. The number of alkyl halides is 3. The van der Waals surface area contributed by atoms with E-state index in [4.69, 9.17) is 4.74 Å². The molecule has 0 aliphatic rings. The number of rotatable bonds is 7. The molecule has 2 aromatic heterocycles. The molecule has 2 heterocycles. The van der Waals surface area contributed by atoms with Crippen LogP contribution in [0.1, 0.15) is 29.8 Å². The number of hydrogen-bond donors (Lipinski definition) is 0. The highest BCUT2D eigenvalue weighted by Gasteiger charge is 2.31. The Morgan fingerprint density at radius 2 is 1.91 bits per heavy atom. The first kappa shape index (κ1) is 24.0. The van der Waals surface area contributed by atoms with Crippen LogP contribution in [0.25, 0.3) is 11.1 Å². The molecule has 0 saturated heterocycles. The summed E-state index contributed by atoms with van der Waals surface area (Å²) in [7, 11) is 1.65. The molecule has 33 heavy (non-hydrogen) atoms. The van der Waals surface area contributed by atoms with E-state index in [-0.39, 0.29) is 30.0 Å². The number of hydrogen-bond acceptors (Lipinski definition) is 4. The van der Waals surface area contributed by atoms with E-state index in [2.05, 4.69) is 4.98 Å². The Labute approximate surface area is 189 Å². The number of pyridine rings is 2. The van der Waals surface area contributed by atoms with Gasteiger partial charge in [0.2, 0.25) is 5.88 Å². The number of aromatic nitrogens is 2. The Kier molecular flexibility index (Phi) is 7.20. The van der Waals surface area contributed by atoms with Gasteiger partial charge in [-0.3, -0.25) is 9.59 Å². The fraction of sp³-hybridized carbons (Fsp3) is 0.292. The highest BCUT2D eigenvalue weighted by Crippen LogP contribution is 2.29. The van der Waals surface area contributed by atoms with E-state index in [0.717, 1.165) is 12.1 Å². The molecule has 0 fully saturated rings. The number of likely N-dealkylation sites (N-methyl/N-ethyl adjacent to an activating group) is 1. The predicted octanol–water partition coefficient (Wildman–Crippen LogP) is 4.40. The Hall–Kier alpha value is -3.62. The highest BCUT2D eigenvalue weighted by atomic mass is 19.4. The standard InChI is InChI=1S/C24H24F3N3O3/c1-4-30(16(2)15-33-21-10-9-18(14-28-21)24(25,26)27)23(32)20-8-6-5-7-19(20)17-11-12-29(3)22(31)13-17/h5-14,16H,4,15H2,1-3H3. The van der Waals surface area contributed by atoms with Crippen molar-refractivity contribution in [3.63, 3.8) is 0 Å². The van der Waals surface area contributed by atoms with Gasteiger partial charge < -0.3 is 14.2 Å². The van der Waals surface area contributed by atoms with Crippen LogP contribution in [-0.4, -0.2) is 39.6 Å². The van der Waals surface area contributed by atoms with Gasteiger partial charge in [0.1, 0.15) is 6.61 Å². The van der Waals surface area contributed by atoms with Gasteiger partial charge in [0.05, 0.1) is 11.6 Å². The number of carbonyl (C=O) groups excluding carboxylic acids is 1. The molecule has 1 aromatic carbocycles. The molecule has 1 atom stereocenters. The fourth-order valence-electron chi connectivity index (χ4n) is 3.38. The van der Waals surface area contributed by atoms with Gasteiger partial charge in [0.15, 0.2) is 0 Å². The van der Waals surface area contributed by atoms with Crippen LogP contribution in [0.4, 0.5) is 13.2 Å². The fourth-order valence-corrected chi connectivity index (χ4v) is 3.38. The number of nitrogens with zero attached hydrogens (tertiary/aromatic N) is 3. The maximum absolute atomic E-state index is 13.4. The summed E-state index contributed by atoms with van der Waals surface area (Å²) >= 11 is 0. The van der Waals surface area contributed by atoms with E-state index >= 15 is 0 Å². The third-order valence-electron chi connectivity index (χ3n) is 5.24. The van der Waals surface area contributed by atoms with Gasteiger partial charge in [-0.05, 0) is 43.2 Å². The molecule has 174 valence electrons. The van der Waals surface area contributed by atoms with E-state index in [1.54, 1.807) is 55.4 Å². The monoisotopic (exact) mass is 459 g/mol. The number of aryl methyl sites for hydroxylation is 1. The van der Waals surface area contributed by atoms with Crippen molar-refractivity contribution >= 4 is 5.91 Å². The van der Waals surface area contributed by atoms with Crippen molar-refractivity contribution in [3.05, 3.63) is 82.4 Å². The molecule has 0 spiro atoms. The molecular formula is C24H24F3N3O3. The van der Waals surface area contributed by atoms with Crippen LogP contribution < -0.4 is 10.3 Å². The number of ether oxygens (including phenoxy) is 1. The molecule has 0 bridgehead atoms. The van der Waals surface area contributed by atoms with Crippen LogP contribution in [0.5, 0.6) is 5.88 Å². The lowest BCUT2D eigenvalue weighted by molar-refractivity contribution is -0.137. The van der Waals surface area contributed by atoms with Crippen LogP contribution in [0.3, 0.4) is 0 Å². The van der Waals surface area contributed by atoms with Crippen LogP contribution in [0.2, 0.25) is 0 Å². The second-order valence-electron chi connectivity index (χ2n) is 7.54. The molecule has 0 aliphatic carbocycles. The topological polar surface area (TPSA) is 64.4 Å². The molecule has 3 rings (SSSR count). The Bertz CT molecular complexity index is 1170. The third kappa shape index (κ3) is 5.60. The summed E-state index contributed by atoms with van der Waals surface area (Å²) in [4.78, 5) is 30.7. The van der Waals surface area contributed by atoms with E-state index in [0.29, 0.717) is 29.4 Å². The van der Waals surface area contributed by atoms with Crippen molar-refractivity contribution in [1.82, 2.24) is 14.5 Å². The maximum atomic E-state index is 13.4. The van der Waals surface area contributed by atoms with Crippen molar-refractivity contribution in [2.24, 2.45) is 7.05 Å². The van der Waals surface area contributed by atoms with Gasteiger partial charge in [-0.2, -0.15) is 13.2 Å².